The highest BCUT2D eigenvalue weighted by Crippen LogP contribution is 2.47. The fourth-order valence-corrected chi connectivity index (χ4v) is 5.15. The van der Waals surface area contributed by atoms with Crippen molar-refractivity contribution in [2.75, 3.05) is 6.79 Å². The van der Waals surface area contributed by atoms with E-state index in [4.69, 9.17) is 26.7 Å². The Balaban J connectivity index is 1.68. The molecule has 5 rings (SSSR count). The third-order valence-corrected chi connectivity index (χ3v) is 7.33. The number of aliphatic imine (C=N–C) groups is 1. The Kier molecular flexibility index (Phi) is 4.86. The van der Waals surface area contributed by atoms with Crippen LogP contribution in [-0.4, -0.2) is 26.7 Å². The van der Waals surface area contributed by atoms with Crippen LogP contribution in [0.15, 0.2) is 57.1 Å². The predicted molar refractivity (Wildman–Crippen MR) is 122 cm³/mol. The predicted octanol–water partition coefficient (Wildman–Crippen LogP) is 4.25. The average molecular weight is 454 g/mol. The lowest BCUT2D eigenvalue weighted by Crippen LogP contribution is -2.29. The first-order chi connectivity index (χ1) is 14.9. The molecule has 0 saturated carbocycles. The number of ether oxygens (including phenoxy) is 2. The fourth-order valence-electron chi connectivity index (χ4n) is 3.75. The summed E-state index contributed by atoms with van der Waals surface area (Å²) in [5.74, 6) is 1.24. The van der Waals surface area contributed by atoms with Gasteiger partial charge in [-0.2, -0.15) is 0 Å². The van der Waals surface area contributed by atoms with Gasteiger partial charge < -0.3 is 14.6 Å². The number of thioether (sulfide) groups is 1. The molecule has 2 aromatic carbocycles. The van der Waals surface area contributed by atoms with Crippen molar-refractivity contribution in [3.63, 3.8) is 0 Å². The lowest BCUT2D eigenvalue weighted by Gasteiger charge is -2.18. The minimum Gasteiger partial charge on any atom is -0.494 e. The molecule has 0 radical (unpaired) electrons. The Hall–Kier alpha value is -3.04. The van der Waals surface area contributed by atoms with Gasteiger partial charge in [-0.1, -0.05) is 18.2 Å². The maximum absolute atomic E-state index is 13.1. The summed E-state index contributed by atoms with van der Waals surface area (Å²) in [6.45, 7) is 0.208. The molecule has 0 saturated heterocycles. The summed E-state index contributed by atoms with van der Waals surface area (Å²) in [6, 6.07) is 13.7. The van der Waals surface area contributed by atoms with Crippen LogP contribution in [-0.2, 0) is 14.1 Å². The summed E-state index contributed by atoms with van der Waals surface area (Å²) in [6.07, 6.45) is 0.443. The third-order valence-electron chi connectivity index (χ3n) is 5.46. The van der Waals surface area contributed by atoms with Crippen LogP contribution < -0.4 is 15.0 Å². The molecule has 1 N–H and O–H groups in total. The molecule has 2 aliphatic heterocycles. The number of para-hydroxylation sites is 1. The van der Waals surface area contributed by atoms with Crippen LogP contribution in [0.2, 0.25) is 0 Å². The number of rotatable bonds is 2. The van der Waals surface area contributed by atoms with Gasteiger partial charge in [0.05, 0.1) is 11.4 Å². The van der Waals surface area contributed by atoms with Crippen LogP contribution in [0.4, 0.5) is 5.69 Å². The van der Waals surface area contributed by atoms with Gasteiger partial charge in [-0.15, -0.1) is 11.8 Å². The van der Waals surface area contributed by atoms with Crippen LogP contribution in [0.1, 0.15) is 22.8 Å². The van der Waals surface area contributed by atoms with Gasteiger partial charge in [0.25, 0.3) is 5.56 Å². The first-order valence-corrected chi connectivity index (χ1v) is 10.9. The van der Waals surface area contributed by atoms with Crippen LogP contribution in [0.5, 0.6) is 17.4 Å². The summed E-state index contributed by atoms with van der Waals surface area (Å²) in [7, 11) is 3.23. The molecular formula is C22H19N3O4S2. The zero-order chi connectivity index (χ0) is 21.7. The normalized spacial score (nSPS) is 17.1. The second-order valence-electron chi connectivity index (χ2n) is 7.35. The summed E-state index contributed by atoms with van der Waals surface area (Å²) in [4.78, 5) is 18.9. The molecule has 3 heterocycles. The highest BCUT2D eigenvalue weighted by Gasteiger charge is 2.28. The van der Waals surface area contributed by atoms with Crippen molar-refractivity contribution in [1.29, 1.82) is 0 Å². The van der Waals surface area contributed by atoms with E-state index < -0.39 is 0 Å². The summed E-state index contributed by atoms with van der Waals surface area (Å²) < 4.78 is 14.0. The van der Waals surface area contributed by atoms with Crippen molar-refractivity contribution >= 4 is 35.4 Å². The minimum atomic E-state index is -0.367. The lowest BCUT2D eigenvalue weighted by molar-refractivity contribution is 0.174. The van der Waals surface area contributed by atoms with E-state index in [-0.39, 0.29) is 33.8 Å². The van der Waals surface area contributed by atoms with Crippen molar-refractivity contribution in [1.82, 2.24) is 9.13 Å². The highest BCUT2D eigenvalue weighted by atomic mass is 32.2. The van der Waals surface area contributed by atoms with Crippen LogP contribution in [0.25, 0.3) is 0 Å². The largest absolute Gasteiger partial charge is 0.494 e. The second kappa shape index (κ2) is 7.58. The Bertz CT molecular complexity index is 1360. The third kappa shape index (κ3) is 3.34. The number of hydrogen-bond donors (Lipinski definition) is 1. The van der Waals surface area contributed by atoms with Gasteiger partial charge in [0.15, 0.2) is 16.3 Å². The van der Waals surface area contributed by atoms with Gasteiger partial charge in [0, 0.05) is 30.7 Å². The van der Waals surface area contributed by atoms with Gasteiger partial charge in [0.1, 0.15) is 5.56 Å². The summed E-state index contributed by atoms with van der Waals surface area (Å²) in [5, 5.41) is 10.8. The molecule has 9 heteroatoms. The molecule has 0 aliphatic carbocycles. The maximum Gasteiger partial charge on any atom is 0.267 e. The number of fused-ring (bicyclic) bond motifs is 2. The van der Waals surface area contributed by atoms with E-state index in [0.717, 1.165) is 21.9 Å². The number of aromatic hydroxyl groups is 1. The van der Waals surface area contributed by atoms with E-state index in [1.165, 1.54) is 9.13 Å². The molecule has 1 atom stereocenters. The smallest absolute Gasteiger partial charge is 0.267 e. The molecule has 3 aromatic rings. The van der Waals surface area contributed by atoms with Crippen molar-refractivity contribution in [2.45, 2.75) is 16.6 Å². The molecule has 7 nitrogen and oxygen atoms in total. The molecule has 0 fully saturated rings. The topological polar surface area (TPSA) is 78.0 Å². The van der Waals surface area contributed by atoms with Crippen molar-refractivity contribution in [2.24, 2.45) is 19.1 Å². The molecular weight excluding hydrogens is 434 g/mol. The van der Waals surface area contributed by atoms with Crippen molar-refractivity contribution in [3.05, 3.63) is 68.7 Å². The SMILES string of the molecule is Cn1c(O)c(C2=Nc3ccccc3S[C@@H](c3ccc4c(c3)OCO4)C2)c(=O)n(C)c1=S. The molecule has 0 bridgehead atoms. The zero-order valence-corrected chi connectivity index (χ0v) is 18.5. The van der Waals surface area contributed by atoms with E-state index in [1.54, 1.807) is 25.9 Å². The zero-order valence-electron chi connectivity index (χ0n) is 16.9. The average Bonchev–Trinajstić information content (AvgIpc) is 3.16. The summed E-state index contributed by atoms with van der Waals surface area (Å²) >= 11 is 6.93. The molecule has 2 aliphatic rings. The van der Waals surface area contributed by atoms with E-state index in [1.807, 2.05) is 42.5 Å². The Morgan fingerprint density at radius 2 is 1.90 bits per heavy atom. The van der Waals surface area contributed by atoms with Crippen molar-refractivity contribution in [3.8, 4) is 17.4 Å². The van der Waals surface area contributed by atoms with Gasteiger partial charge in [-0.25, -0.2) is 0 Å². The first kappa shape index (κ1) is 19.9. The molecule has 0 amide bonds. The van der Waals surface area contributed by atoms with Crippen molar-refractivity contribution < 1.29 is 14.6 Å². The quantitative estimate of drug-likeness (QED) is 0.585. The Morgan fingerprint density at radius 3 is 2.74 bits per heavy atom. The van der Waals surface area contributed by atoms with Crippen LogP contribution in [0, 0.1) is 4.77 Å². The fraction of sp³-hybridized carbons (Fsp3) is 0.227. The summed E-state index contributed by atoms with van der Waals surface area (Å²) in [5.41, 5.74) is 2.11. The number of aromatic nitrogens is 2. The standard InChI is InChI=1S/C22H19N3O4S2/c1-24-20(26)19(21(27)25(2)22(24)30)14-10-18(31-17-6-4-3-5-13(17)23-14)12-7-8-15-16(9-12)29-11-28-15/h3-9,18,26H,10-11H2,1-2H3/t18-/m1/s1. The highest BCUT2D eigenvalue weighted by molar-refractivity contribution is 7.99. The first-order valence-electron chi connectivity index (χ1n) is 9.66. The van der Waals surface area contributed by atoms with E-state index in [9.17, 15) is 9.90 Å². The van der Waals surface area contributed by atoms with Gasteiger partial charge in [-0.3, -0.25) is 18.9 Å². The van der Waals surface area contributed by atoms with Gasteiger partial charge in [0.2, 0.25) is 12.7 Å². The number of hydrogen-bond acceptors (Lipinski definition) is 7. The van der Waals surface area contributed by atoms with E-state index in [2.05, 4.69) is 0 Å². The molecule has 0 unspecified atom stereocenters. The molecule has 158 valence electrons. The monoisotopic (exact) mass is 453 g/mol. The Morgan fingerprint density at radius 1 is 1.13 bits per heavy atom. The lowest BCUT2D eigenvalue weighted by atomic mass is 10.0. The van der Waals surface area contributed by atoms with E-state index >= 15 is 0 Å². The number of benzene rings is 2. The molecule has 1 aromatic heterocycles. The molecule has 0 spiro atoms. The van der Waals surface area contributed by atoms with Gasteiger partial charge >= 0.3 is 0 Å². The maximum atomic E-state index is 13.1. The Labute approximate surface area is 187 Å². The van der Waals surface area contributed by atoms with Gasteiger partial charge in [-0.05, 0) is 42.0 Å². The number of nitrogens with zero attached hydrogens (tertiary/aromatic N) is 3. The second-order valence-corrected chi connectivity index (χ2v) is 8.96. The van der Waals surface area contributed by atoms with Crippen LogP contribution >= 0.6 is 24.0 Å². The van der Waals surface area contributed by atoms with E-state index in [0.29, 0.717) is 17.9 Å². The molecule has 31 heavy (non-hydrogen) atoms. The van der Waals surface area contributed by atoms with Crippen LogP contribution in [0.3, 0.4) is 0 Å². The minimum absolute atomic E-state index is 0.0468.